The molecule has 0 amide bonds. The molecule has 0 saturated heterocycles. The van der Waals surface area contributed by atoms with Gasteiger partial charge in [-0.2, -0.15) is 0 Å². The van der Waals surface area contributed by atoms with Gasteiger partial charge in [-0.1, -0.05) is 6.07 Å². The first-order chi connectivity index (χ1) is 9.08. The van der Waals surface area contributed by atoms with Crippen molar-refractivity contribution in [1.29, 1.82) is 0 Å². The molecule has 0 bridgehead atoms. The molecule has 1 N–H and O–H groups in total. The van der Waals surface area contributed by atoms with E-state index in [1.54, 1.807) is 26.0 Å². The van der Waals surface area contributed by atoms with Crippen molar-refractivity contribution in [2.24, 2.45) is 0 Å². The lowest BCUT2D eigenvalue weighted by molar-refractivity contribution is 0.385. The van der Waals surface area contributed by atoms with Crippen LogP contribution in [0.2, 0.25) is 0 Å². The number of nitrogens with one attached hydrogen (secondary N) is 1. The summed E-state index contributed by atoms with van der Waals surface area (Å²) in [6.45, 7) is 5.48. The molecule has 0 aliphatic heterocycles. The molecular weight excluding hydrogens is 281 g/mol. The van der Waals surface area contributed by atoms with Gasteiger partial charge in [-0.05, 0) is 38.5 Å². The van der Waals surface area contributed by atoms with E-state index in [2.05, 4.69) is 5.32 Å². The van der Waals surface area contributed by atoms with Crippen LogP contribution in [-0.4, -0.2) is 33.1 Å². The minimum absolute atomic E-state index is 0.156. The Morgan fingerprint density at radius 1 is 1.40 bits per heavy atom. The maximum absolute atomic E-state index is 13.6. The summed E-state index contributed by atoms with van der Waals surface area (Å²) in [5.41, 5.74) is 0.743. The summed E-state index contributed by atoms with van der Waals surface area (Å²) >= 11 is 0. The Hall–Kier alpha value is -1.14. The molecule has 1 rings (SSSR count). The second kappa shape index (κ2) is 6.10. The van der Waals surface area contributed by atoms with E-state index in [9.17, 15) is 12.8 Å². The highest BCUT2D eigenvalue weighted by Gasteiger charge is 2.30. The van der Waals surface area contributed by atoms with Crippen LogP contribution in [0, 0.1) is 5.82 Å². The maximum atomic E-state index is 13.6. The number of benzene rings is 1. The number of ether oxygens (including phenoxy) is 1. The van der Waals surface area contributed by atoms with Crippen LogP contribution in [0.4, 0.5) is 4.39 Å². The molecule has 0 fully saturated rings. The molecule has 6 heteroatoms. The topological polar surface area (TPSA) is 55.4 Å². The lowest BCUT2D eigenvalue weighted by Gasteiger charge is -2.25. The minimum Gasteiger partial charge on any atom is -0.494 e. The first kappa shape index (κ1) is 16.9. The smallest absolute Gasteiger partial charge is 0.165 e. The average molecular weight is 303 g/mol. The van der Waals surface area contributed by atoms with Crippen LogP contribution in [0.1, 0.15) is 32.4 Å². The van der Waals surface area contributed by atoms with E-state index in [0.29, 0.717) is 6.54 Å². The molecule has 1 atom stereocenters. The summed E-state index contributed by atoms with van der Waals surface area (Å²) in [4.78, 5) is 0. The van der Waals surface area contributed by atoms with Crippen molar-refractivity contribution in [2.75, 3.05) is 19.9 Å². The summed E-state index contributed by atoms with van der Waals surface area (Å²) in [7, 11) is -1.74. The van der Waals surface area contributed by atoms with Gasteiger partial charge in [-0.3, -0.25) is 0 Å². The highest BCUT2D eigenvalue weighted by Crippen LogP contribution is 2.22. The Morgan fingerprint density at radius 3 is 2.45 bits per heavy atom. The molecule has 0 aliphatic rings. The van der Waals surface area contributed by atoms with Gasteiger partial charge in [0, 0.05) is 18.8 Å². The summed E-state index contributed by atoms with van der Waals surface area (Å²) < 4.78 is 40.9. The van der Waals surface area contributed by atoms with Gasteiger partial charge in [0.2, 0.25) is 0 Å². The molecule has 0 heterocycles. The Morgan fingerprint density at radius 2 is 2.00 bits per heavy atom. The van der Waals surface area contributed by atoms with Crippen molar-refractivity contribution in [3.8, 4) is 5.75 Å². The van der Waals surface area contributed by atoms with Crippen LogP contribution < -0.4 is 10.1 Å². The highest BCUT2D eigenvalue weighted by molar-refractivity contribution is 7.92. The molecule has 0 saturated carbocycles. The van der Waals surface area contributed by atoms with Gasteiger partial charge in [0.05, 0.1) is 11.9 Å². The van der Waals surface area contributed by atoms with Crippen LogP contribution >= 0.6 is 0 Å². The maximum Gasteiger partial charge on any atom is 0.165 e. The fourth-order valence-corrected chi connectivity index (χ4v) is 1.95. The van der Waals surface area contributed by atoms with Gasteiger partial charge in [-0.25, -0.2) is 12.8 Å². The molecule has 0 spiro atoms. The molecule has 114 valence electrons. The second-order valence-corrected chi connectivity index (χ2v) is 8.18. The number of halogens is 1. The van der Waals surface area contributed by atoms with E-state index < -0.39 is 20.4 Å². The third kappa shape index (κ3) is 3.93. The van der Waals surface area contributed by atoms with E-state index >= 15 is 0 Å². The van der Waals surface area contributed by atoms with E-state index in [-0.39, 0.29) is 11.8 Å². The number of rotatable bonds is 6. The van der Waals surface area contributed by atoms with Crippen molar-refractivity contribution >= 4 is 9.84 Å². The van der Waals surface area contributed by atoms with Crippen molar-refractivity contribution in [1.82, 2.24) is 5.32 Å². The minimum atomic E-state index is -3.16. The zero-order valence-electron chi connectivity index (χ0n) is 12.5. The zero-order valence-corrected chi connectivity index (χ0v) is 13.3. The number of methoxy groups -OCH3 is 1. The third-order valence-electron chi connectivity index (χ3n) is 3.51. The van der Waals surface area contributed by atoms with Gasteiger partial charge >= 0.3 is 0 Å². The Labute approximate surface area is 120 Å². The molecule has 4 nitrogen and oxygen atoms in total. The standard InChI is InChI=1S/C14H22FNO3S/c1-10(16-9-14(2,3)20(5,17)18)11-6-7-13(19-4)12(15)8-11/h6-8,10,16H,9H2,1-5H3. The zero-order chi connectivity index (χ0) is 15.6. The van der Waals surface area contributed by atoms with Gasteiger partial charge in [0.15, 0.2) is 21.4 Å². The largest absolute Gasteiger partial charge is 0.494 e. The lowest BCUT2D eigenvalue weighted by atomic mass is 10.1. The van der Waals surface area contributed by atoms with Crippen molar-refractivity contribution in [2.45, 2.75) is 31.6 Å². The number of hydrogen-bond acceptors (Lipinski definition) is 4. The average Bonchev–Trinajstić information content (AvgIpc) is 2.34. The van der Waals surface area contributed by atoms with Crippen molar-refractivity contribution in [3.63, 3.8) is 0 Å². The molecular formula is C14H22FNO3S. The summed E-state index contributed by atoms with van der Waals surface area (Å²) in [6, 6.07) is 4.55. The van der Waals surface area contributed by atoms with Crippen molar-refractivity contribution in [3.05, 3.63) is 29.6 Å². The predicted molar refractivity (Wildman–Crippen MR) is 78.3 cm³/mol. The summed E-state index contributed by atoms with van der Waals surface area (Å²) in [5.74, 6) is -0.238. The SMILES string of the molecule is COc1ccc(C(C)NCC(C)(C)S(C)(=O)=O)cc1F. The molecule has 1 aromatic rings. The van der Waals surface area contributed by atoms with E-state index in [1.807, 2.05) is 6.92 Å². The van der Waals surface area contributed by atoms with Crippen LogP contribution in [0.5, 0.6) is 5.75 Å². The molecule has 1 aromatic carbocycles. The van der Waals surface area contributed by atoms with Crippen LogP contribution in [0.15, 0.2) is 18.2 Å². The van der Waals surface area contributed by atoms with Crippen LogP contribution in [0.3, 0.4) is 0 Å². The van der Waals surface area contributed by atoms with Gasteiger partial charge < -0.3 is 10.1 Å². The molecule has 0 aromatic heterocycles. The second-order valence-electron chi connectivity index (χ2n) is 5.53. The molecule has 0 radical (unpaired) electrons. The Kier molecular flexibility index (Phi) is 5.15. The fourth-order valence-electron chi connectivity index (χ4n) is 1.60. The Bertz CT molecular complexity index is 570. The van der Waals surface area contributed by atoms with Crippen molar-refractivity contribution < 1.29 is 17.5 Å². The van der Waals surface area contributed by atoms with Gasteiger partial charge in [0.1, 0.15) is 0 Å². The van der Waals surface area contributed by atoms with E-state index in [4.69, 9.17) is 4.74 Å². The normalized spacial score (nSPS) is 14.1. The fraction of sp³-hybridized carbons (Fsp3) is 0.571. The van der Waals surface area contributed by atoms with Gasteiger partial charge in [-0.15, -0.1) is 0 Å². The first-order valence-corrected chi connectivity index (χ1v) is 8.24. The highest BCUT2D eigenvalue weighted by atomic mass is 32.2. The summed E-state index contributed by atoms with van der Waals surface area (Å²) in [5, 5.41) is 3.12. The third-order valence-corrected chi connectivity index (χ3v) is 5.67. The van der Waals surface area contributed by atoms with Crippen LogP contribution in [-0.2, 0) is 9.84 Å². The Balaban J connectivity index is 2.78. The quantitative estimate of drug-likeness (QED) is 0.876. The van der Waals surface area contributed by atoms with Gasteiger partial charge in [0.25, 0.3) is 0 Å². The summed E-state index contributed by atoms with van der Waals surface area (Å²) in [6.07, 6.45) is 1.21. The number of sulfone groups is 1. The first-order valence-electron chi connectivity index (χ1n) is 6.35. The molecule has 20 heavy (non-hydrogen) atoms. The molecule has 1 unspecified atom stereocenters. The predicted octanol–water partition coefficient (Wildman–Crippen LogP) is 2.31. The monoisotopic (exact) mass is 303 g/mol. The van der Waals surface area contributed by atoms with Crippen LogP contribution in [0.25, 0.3) is 0 Å². The number of hydrogen-bond donors (Lipinski definition) is 1. The van der Waals surface area contributed by atoms with E-state index in [1.165, 1.54) is 19.4 Å². The molecule has 0 aliphatic carbocycles. The lowest BCUT2D eigenvalue weighted by Crippen LogP contribution is -2.42. The van der Waals surface area contributed by atoms with E-state index in [0.717, 1.165) is 5.56 Å².